The Bertz CT molecular complexity index is 626. The summed E-state index contributed by atoms with van der Waals surface area (Å²) in [5.41, 5.74) is 6.94. The fourth-order valence-electron chi connectivity index (χ4n) is 2.96. The molecule has 0 saturated heterocycles. The molecule has 6 nitrogen and oxygen atoms in total. The van der Waals surface area contributed by atoms with Crippen molar-refractivity contribution >= 4 is 5.91 Å². The molecule has 0 radical (unpaired) electrons. The number of carbonyl (C=O) groups is 1. The highest BCUT2D eigenvalue weighted by Crippen LogP contribution is 2.24. The van der Waals surface area contributed by atoms with E-state index in [1.807, 2.05) is 12.1 Å². The van der Waals surface area contributed by atoms with E-state index in [0.29, 0.717) is 23.9 Å². The highest BCUT2D eigenvalue weighted by atomic mass is 16.5. The van der Waals surface area contributed by atoms with Crippen LogP contribution in [0.4, 0.5) is 0 Å². The monoisotopic (exact) mass is 300 g/mol. The van der Waals surface area contributed by atoms with Crippen LogP contribution < -0.4 is 11.1 Å². The molecular weight excluding hydrogens is 280 g/mol. The first kappa shape index (κ1) is 14.7. The van der Waals surface area contributed by atoms with Crippen LogP contribution in [0.15, 0.2) is 35.1 Å². The summed E-state index contributed by atoms with van der Waals surface area (Å²) < 4.78 is 5.25. The molecule has 1 saturated carbocycles. The lowest BCUT2D eigenvalue weighted by Gasteiger charge is -2.30. The average Bonchev–Trinajstić information content (AvgIpc) is 3.06. The fraction of sp³-hybridized carbons (Fsp3) is 0.438. The second kappa shape index (κ2) is 6.70. The molecule has 0 aromatic carbocycles. The molecule has 3 rings (SSSR count). The minimum Gasteiger partial charge on any atom is -0.355 e. The van der Waals surface area contributed by atoms with Crippen molar-refractivity contribution in [1.29, 1.82) is 0 Å². The molecular formula is C16H20N4O2. The number of hydrogen-bond acceptors (Lipinski definition) is 5. The third-order valence-corrected chi connectivity index (χ3v) is 4.24. The first-order chi connectivity index (χ1) is 10.8. The summed E-state index contributed by atoms with van der Waals surface area (Å²) in [6, 6.07) is 5.42. The van der Waals surface area contributed by atoms with Crippen molar-refractivity contribution in [1.82, 2.24) is 15.5 Å². The van der Waals surface area contributed by atoms with Crippen LogP contribution in [0.3, 0.4) is 0 Å². The summed E-state index contributed by atoms with van der Waals surface area (Å²) >= 11 is 0. The molecule has 1 amide bonds. The standard InChI is InChI=1S/C16H20N4O2/c17-10-12-3-1-2-4-13(12)19-16(21)14-9-15(22-20-14)11-5-7-18-8-6-11/h5-9,12-13H,1-4,10,17H2,(H,19,21). The van der Waals surface area contributed by atoms with Crippen molar-refractivity contribution in [3.05, 3.63) is 36.3 Å². The molecule has 0 bridgehead atoms. The largest absolute Gasteiger partial charge is 0.355 e. The zero-order chi connectivity index (χ0) is 15.4. The van der Waals surface area contributed by atoms with Gasteiger partial charge in [-0.3, -0.25) is 9.78 Å². The van der Waals surface area contributed by atoms with E-state index in [1.165, 1.54) is 6.42 Å². The Hall–Kier alpha value is -2.21. The van der Waals surface area contributed by atoms with Crippen LogP contribution in [0.5, 0.6) is 0 Å². The summed E-state index contributed by atoms with van der Waals surface area (Å²) in [7, 11) is 0. The van der Waals surface area contributed by atoms with Gasteiger partial charge in [0.1, 0.15) is 0 Å². The van der Waals surface area contributed by atoms with Crippen molar-refractivity contribution in [3.63, 3.8) is 0 Å². The van der Waals surface area contributed by atoms with Crippen molar-refractivity contribution < 1.29 is 9.32 Å². The number of amides is 1. The molecule has 1 aliphatic carbocycles. The van der Waals surface area contributed by atoms with Gasteiger partial charge >= 0.3 is 0 Å². The van der Waals surface area contributed by atoms with Crippen LogP contribution in [0.2, 0.25) is 0 Å². The van der Waals surface area contributed by atoms with Crippen molar-refractivity contribution in [2.45, 2.75) is 31.7 Å². The van der Waals surface area contributed by atoms with Crippen LogP contribution in [0, 0.1) is 5.92 Å². The van der Waals surface area contributed by atoms with E-state index in [9.17, 15) is 4.79 Å². The van der Waals surface area contributed by atoms with Gasteiger partial charge in [0.05, 0.1) is 0 Å². The van der Waals surface area contributed by atoms with Gasteiger partial charge in [-0.1, -0.05) is 18.0 Å². The maximum absolute atomic E-state index is 12.3. The molecule has 2 heterocycles. The van der Waals surface area contributed by atoms with E-state index in [4.69, 9.17) is 10.3 Å². The molecule has 2 unspecified atom stereocenters. The molecule has 6 heteroatoms. The molecule has 22 heavy (non-hydrogen) atoms. The first-order valence-corrected chi connectivity index (χ1v) is 7.66. The lowest BCUT2D eigenvalue weighted by Crippen LogP contribution is -2.44. The number of carbonyl (C=O) groups excluding carboxylic acids is 1. The van der Waals surface area contributed by atoms with Gasteiger partial charge < -0.3 is 15.6 Å². The molecule has 0 aliphatic heterocycles. The van der Waals surface area contributed by atoms with Crippen LogP contribution >= 0.6 is 0 Å². The van der Waals surface area contributed by atoms with Gasteiger partial charge in [0.15, 0.2) is 11.5 Å². The van der Waals surface area contributed by atoms with Crippen LogP contribution in [0.25, 0.3) is 11.3 Å². The molecule has 2 atom stereocenters. The Kier molecular flexibility index (Phi) is 4.48. The van der Waals surface area contributed by atoms with Crippen LogP contribution in [-0.2, 0) is 0 Å². The summed E-state index contributed by atoms with van der Waals surface area (Å²) in [6.45, 7) is 0.603. The average molecular weight is 300 g/mol. The Morgan fingerprint density at radius 3 is 2.86 bits per heavy atom. The Labute approximate surface area is 129 Å². The van der Waals surface area contributed by atoms with Gasteiger partial charge in [-0.2, -0.15) is 0 Å². The Balaban J connectivity index is 1.69. The lowest BCUT2D eigenvalue weighted by atomic mass is 9.84. The van der Waals surface area contributed by atoms with E-state index in [1.54, 1.807) is 18.5 Å². The fourth-order valence-corrected chi connectivity index (χ4v) is 2.96. The van der Waals surface area contributed by atoms with E-state index in [0.717, 1.165) is 24.8 Å². The van der Waals surface area contributed by atoms with Gasteiger partial charge in [0.25, 0.3) is 5.91 Å². The third kappa shape index (κ3) is 3.17. The highest BCUT2D eigenvalue weighted by Gasteiger charge is 2.26. The molecule has 1 fully saturated rings. The van der Waals surface area contributed by atoms with E-state index in [-0.39, 0.29) is 11.9 Å². The number of nitrogens with one attached hydrogen (secondary N) is 1. The van der Waals surface area contributed by atoms with Gasteiger partial charge in [-0.05, 0) is 37.4 Å². The van der Waals surface area contributed by atoms with Crippen molar-refractivity contribution in [2.75, 3.05) is 6.54 Å². The van der Waals surface area contributed by atoms with Crippen LogP contribution in [-0.4, -0.2) is 28.6 Å². The number of pyridine rings is 1. The maximum atomic E-state index is 12.3. The molecule has 116 valence electrons. The number of hydrogen-bond donors (Lipinski definition) is 2. The number of nitrogens with two attached hydrogens (primary N) is 1. The Morgan fingerprint density at radius 1 is 1.32 bits per heavy atom. The molecule has 1 aliphatic rings. The summed E-state index contributed by atoms with van der Waals surface area (Å²) in [5, 5.41) is 6.92. The van der Waals surface area contributed by atoms with Crippen molar-refractivity contribution in [3.8, 4) is 11.3 Å². The third-order valence-electron chi connectivity index (χ3n) is 4.24. The van der Waals surface area contributed by atoms with Gasteiger partial charge in [0, 0.05) is 30.1 Å². The second-order valence-corrected chi connectivity index (χ2v) is 5.67. The first-order valence-electron chi connectivity index (χ1n) is 7.66. The normalized spacial score (nSPS) is 21.5. The zero-order valence-electron chi connectivity index (χ0n) is 12.4. The van der Waals surface area contributed by atoms with Crippen LogP contribution in [0.1, 0.15) is 36.2 Å². The quantitative estimate of drug-likeness (QED) is 0.900. The zero-order valence-corrected chi connectivity index (χ0v) is 12.4. The molecule has 3 N–H and O–H groups in total. The number of aromatic nitrogens is 2. The smallest absolute Gasteiger partial charge is 0.273 e. The number of rotatable bonds is 4. The highest BCUT2D eigenvalue weighted by molar-refractivity contribution is 5.93. The molecule has 0 spiro atoms. The maximum Gasteiger partial charge on any atom is 0.273 e. The minimum absolute atomic E-state index is 0.132. The lowest BCUT2D eigenvalue weighted by molar-refractivity contribution is 0.0899. The topological polar surface area (TPSA) is 94.0 Å². The summed E-state index contributed by atoms with van der Waals surface area (Å²) in [6.07, 6.45) is 7.70. The van der Waals surface area contributed by atoms with Crippen molar-refractivity contribution in [2.24, 2.45) is 11.7 Å². The molecule has 2 aromatic rings. The minimum atomic E-state index is -0.200. The van der Waals surface area contributed by atoms with Gasteiger partial charge in [0.2, 0.25) is 0 Å². The summed E-state index contributed by atoms with van der Waals surface area (Å²) in [5.74, 6) is 0.713. The predicted octanol–water partition coefficient (Wildman–Crippen LogP) is 1.98. The van der Waals surface area contributed by atoms with Gasteiger partial charge in [-0.25, -0.2) is 0 Å². The molecule has 2 aromatic heterocycles. The Morgan fingerprint density at radius 2 is 2.09 bits per heavy atom. The number of nitrogens with zero attached hydrogens (tertiary/aromatic N) is 2. The van der Waals surface area contributed by atoms with E-state index in [2.05, 4.69) is 15.5 Å². The van der Waals surface area contributed by atoms with Gasteiger partial charge in [-0.15, -0.1) is 0 Å². The predicted molar refractivity (Wildman–Crippen MR) is 82.0 cm³/mol. The second-order valence-electron chi connectivity index (χ2n) is 5.67. The van der Waals surface area contributed by atoms with E-state index < -0.39 is 0 Å². The van der Waals surface area contributed by atoms with E-state index >= 15 is 0 Å². The SMILES string of the molecule is NCC1CCCCC1NC(=O)c1cc(-c2ccncc2)on1. The summed E-state index contributed by atoms with van der Waals surface area (Å²) in [4.78, 5) is 16.3.